The van der Waals surface area contributed by atoms with Crippen molar-refractivity contribution in [1.29, 1.82) is 0 Å². The van der Waals surface area contributed by atoms with Crippen LogP contribution in [0.1, 0.15) is 25.7 Å². The number of aromatic nitrogens is 1. The summed E-state index contributed by atoms with van der Waals surface area (Å²) in [6, 6.07) is 13.6. The Morgan fingerprint density at radius 1 is 1.04 bits per heavy atom. The first-order valence-corrected chi connectivity index (χ1v) is 9.56. The predicted molar refractivity (Wildman–Crippen MR) is 97.9 cm³/mol. The van der Waals surface area contributed by atoms with Crippen LogP contribution in [0.25, 0.3) is 0 Å². The van der Waals surface area contributed by atoms with Crippen LogP contribution < -0.4 is 14.2 Å². The highest BCUT2D eigenvalue weighted by atomic mass is 16.6. The van der Waals surface area contributed by atoms with Crippen LogP contribution in [0.5, 0.6) is 17.4 Å². The van der Waals surface area contributed by atoms with Crippen LogP contribution in [-0.4, -0.2) is 46.7 Å². The summed E-state index contributed by atoms with van der Waals surface area (Å²) in [7, 11) is 0. The first-order chi connectivity index (χ1) is 13.3. The number of carbonyl (C=O) groups is 1. The van der Waals surface area contributed by atoms with Gasteiger partial charge in [-0.1, -0.05) is 18.2 Å². The number of fused-ring (bicyclic) bond motifs is 3. The molecule has 6 heteroatoms. The van der Waals surface area contributed by atoms with Gasteiger partial charge in [-0.05, 0) is 31.0 Å². The summed E-state index contributed by atoms with van der Waals surface area (Å²) in [5, 5.41) is 0. The molecule has 3 atom stereocenters. The Kier molecular flexibility index (Phi) is 4.11. The van der Waals surface area contributed by atoms with Gasteiger partial charge in [0.2, 0.25) is 12.0 Å². The first-order valence-electron chi connectivity index (χ1n) is 9.56. The second kappa shape index (κ2) is 6.76. The molecule has 2 fully saturated rings. The van der Waals surface area contributed by atoms with Crippen LogP contribution in [0.2, 0.25) is 0 Å². The SMILES string of the molecule is O=C(C1COc2ccccc2O1)N1C2CCC1CC(Oc1ccccn1)C2. The number of piperidine rings is 1. The largest absolute Gasteiger partial charge is 0.485 e. The fraction of sp³-hybridized carbons (Fsp3) is 0.429. The van der Waals surface area contributed by atoms with Crippen LogP contribution in [0.3, 0.4) is 0 Å². The van der Waals surface area contributed by atoms with E-state index in [2.05, 4.69) is 4.98 Å². The van der Waals surface area contributed by atoms with Gasteiger partial charge in [-0.2, -0.15) is 0 Å². The van der Waals surface area contributed by atoms with Gasteiger partial charge in [0, 0.05) is 37.2 Å². The van der Waals surface area contributed by atoms with Crippen molar-refractivity contribution in [2.24, 2.45) is 0 Å². The number of pyridine rings is 1. The van der Waals surface area contributed by atoms with E-state index in [4.69, 9.17) is 14.2 Å². The lowest BCUT2D eigenvalue weighted by Gasteiger charge is -2.40. The second-order valence-corrected chi connectivity index (χ2v) is 7.37. The summed E-state index contributed by atoms with van der Waals surface area (Å²) in [6.07, 6.45) is 4.97. The summed E-state index contributed by atoms with van der Waals surface area (Å²) in [6.45, 7) is 0.264. The highest BCUT2D eigenvalue weighted by Crippen LogP contribution is 2.39. The second-order valence-electron chi connectivity index (χ2n) is 7.37. The maximum absolute atomic E-state index is 13.2. The van der Waals surface area contributed by atoms with Crippen molar-refractivity contribution in [3.05, 3.63) is 48.7 Å². The molecule has 0 spiro atoms. The minimum atomic E-state index is -0.573. The van der Waals surface area contributed by atoms with Crippen LogP contribution in [0, 0.1) is 0 Å². The number of benzene rings is 1. The molecule has 0 saturated carbocycles. The molecule has 4 heterocycles. The molecule has 2 saturated heterocycles. The highest BCUT2D eigenvalue weighted by molar-refractivity contribution is 5.83. The van der Waals surface area contributed by atoms with Gasteiger partial charge in [0.1, 0.15) is 12.7 Å². The van der Waals surface area contributed by atoms with Gasteiger partial charge in [-0.25, -0.2) is 4.98 Å². The van der Waals surface area contributed by atoms with E-state index in [0.29, 0.717) is 17.4 Å². The van der Waals surface area contributed by atoms with Crippen molar-refractivity contribution in [2.75, 3.05) is 6.61 Å². The Balaban J connectivity index is 1.26. The Morgan fingerprint density at radius 2 is 1.78 bits per heavy atom. The van der Waals surface area contributed by atoms with Gasteiger partial charge in [-0.15, -0.1) is 0 Å². The van der Waals surface area contributed by atoms with E-state index >= 15 is 0 Å². The lowest BCUT2D eigenvalue weighted by Crippen LogP contribution is -2.55. The molecular weight excluding hydrogens is 344 g/mol. The van der Waals surface area contributed by atoms with Crippen LogP contribution in [-0.2, 0) is 4.79 Å². The molecule has 2 aromatic rings. The van der Waals surface area contributed by atoms with E-state index in [1.54, 1.807) is 6.20 Å². The molecule has 1 aromatic heterocycles. The third-order valence-corrected chi connectivity index (χ3v) is 5.65. The Bertz CT molecular complexity index is 814. The summed E-state index contributed by atoms with van der Waals surface area (Å²) in [5.74, 6) is 2.03. The van der Waals surface area contributed by atoms with Gasteiger partial charge >= 0.3 is 0 Å². The van der Waals surface area contributed by atoms with Gasteiger partial charge in [0.05, 0.1) is 0 Å². The smallest absolute Gasteiger partial charge is 0.267 e. The van der Waals surface area contributed by atoms with Gasteiger partial charge < -0.3 is 19.1 Å². The van der Waals surface area contributed by atoms with Gasteiger partial charge in [-0.3, -0.25) is 4.79 Å². The van der Waals surface area contributed by atoms with Gasteiger partial charge in [0.15, 0.2) is 11.5 Å². The van der Waals surface area contributed by atoms with Crippen LogP contribution in [0.4, 0.5) is 0 Å². The minimum absolute atomic E-state index is 0.0355. The van der Waals surface area contributed by atoms with Crippen molar-refractivity contribution in [1.82, 2.24) is 9.88 Å². The van der Waals surface area contributed by atoms with Crippen molar-refractivity contribution in [2.45, 2.75) is 50.0 Å². The maximum atomic E-state index is 13.2. The molecule has 1 amide bonds. The van der Waals surface area contributed by atoms with E-state index in [1.165, 1.54) is 0 Å². The predicted octanol–water partition coefficient (Wildman–Crippen LogP) is 2.82. The molecule has 6 nitrogen and oxygen atoms in total. The number of ether oxygens (including phenoxy) is 3. The number of hydrogen-bond acceptors (Lipinski definition) is 5. The van der Waals surface area contributed by atoms with Crippen molar-refractivity contribution in [3.8, 4) is 17.4 Å². The summed E-state index contributed by atoms with van der Waals surface area (Å²) < 4.78 is 17.7. The molecule has 3 unspecified atom stereocenters. The minimum Gasteiger partial charge on any atom is -0.485 e. The van der Waals surface area contributed by atoms with Crippen LogP contribution >= 0.6 is 0 Å². The van der Waals surface area contributed by atoms with Crippen molar-refractivity contribution >= 4 is 5.91 Å². The third kappa shape index (κ3) is 3.09. The number of carbonyl (C=O) groups excluding carboxylic acids is 1. The first kappa shape index (κ1) is 16.4. The lowest BCUT2D eigenvalue weighted by atomic mass is 9.98. The standard InChI is InChI=1S/C21H22N2O4/c24-21(19-13-25-17-5-1-2-6-18(17)27-19)23-14-8-9-15(23)12-16(11-14)26-20-7-3-4-10-22-20/h1-7,10,14-16,19H,8-9,11-13H2. The Labute approximate surface area is 158 Å². The summed E-state index contributed by atoms with van der Waals surface area (Å²) in [5.41, 5.74) is 0. The molecular formula is C21H22N2O4. The average Bonchev–Trinajstić information content (AvgIpc) is 2.98. The summed E-state index contributed by atoms with van der Waals surface area (Å²) in [4.78, 5) is 19.4. The number of para-hydroxylation sites is 2. The molecule has 3 aliphatic heterocycles. The molecule has 1 aromatic carbocycles. The lowest BCUT2D eigenvalue weighted by molar-refractivity contribution is -0.147. The summed E-state index contributed by atoms with van der Waals surface area (Å²) >= 11 is 0. The Hall–Kier alpha value is -2.76. The number of amides is 1. The molecule has 140 valence electrons. The van der Waals surface area contributed by atoms with E-state index < -0.39 is 6.10 Å². The zero-order valence-corrected chi connectivity index (χ0v) is 15.0. The van der Waals surface area contributed by atoms with E-state index in [0.717, 1.165) is 25.7 Å². The van der Waals surface area contributed by atoms with E-state index in [1.807, 2.05) is 47.4 Å². The third-order valence-electron chi connectivity index (χ3n) is 5.65. The Morgan fingerprint density at radius 3 is 2.52 bits per heavy atom. The van der Waals surface area contributed by atoms with Crippen molar-refractivity contribution in [3.63, 3.8) is 0 Å². The molecule has 0 aliphatic carbocycles. The number of hydrogen-bond donors (Lipinski definition) is 0. The molecule has 0 radical (unpaired) electrons. The van der Waals surface area contributed by atoms with Crippen LogP contribution in [0.15, 0.2) is 48.7 Å². The highest BCUT2D eigenvalue weighted by Gasteiger charge is 2.47. The quantitative estimate of drug-likeness (QED) is 0.836. The molecule has 27 heavy (non-hydrogen) atoms. The molecule has 2 bridgehead atoms. The fourth-order valence-electron chi connectivity index (χ4n) is 4.48. The molecule has 3 aliphatic rings. The van der Waals surface area contributed by atoms with Crippen molar-refractivity contribution < 1.29 is 19.0 Å². The fourth-order valence-corrected chi connectivity index (χ4v) is 4.48. The van der Waals surface area contributed by atoms with E-state index in [-0.39, 0.29) is 30.7 Å². The topological polar surface area (TPSA) is 60.9 Å². The number of nitrogens with zero attached hydrogens (tertiary/aromatic N) is 2. The molecule has 0 N–H and O–H groups in total. The monoisotopic (exact) mass is 366 g/mol. The zero-order valence-electron chi connectivity index (χ0n) is 15.0. The molecule has 5 rings (SSSR count). The van der Waals surface area contributed by atoms with Gasteiger partial charge in [0.25, 0.3) is 5.91 Å². The zero-order chi connectivity index (χ0) is 18.2. The number of rotatable bonds is 3. The average molecular weight is 366 g/mol. The normalized spacial score (nSPS) is 28.7. The van der Waals surface area contributed by atoms with E-state index in [9.17, 15) is 4.79 Å². The maximum Gasteiger partial charge on any atom is 0.267 e.